The molecule has 7 nitrogen and oxygen atoms in total. The second-order valence-electron chi connectivity index (χ2n) is 11.8. The number of halogens is 4. The first-order valence-corrected chi connectivity index (χ1v) is 14.3. The molecule has 1 aromatic carbocycles. The number of piperidine rings is 2. The first-order valence-electron chi connectivity index (χ1n) is 14.0. The fourth-order valence-corrected chi connectivity index (χ4v) is 6.45. The van der Waals surface area contributed by atoms with Crippen molar-refractivity contribution < 1.29 is 18.0 Å². The summed E-state index contributed by atoms with van der Waals surface area (Å²) in [6.07, 6.45) is 5.35. The summed E-state index contributed by atoms with van der Waals surface area (Å²) in [7, 11) is 0. The number of anilines is 1. The Bertz CT molecular complexity index is 1080. The van der Waals surface area contributed by atoms with Gasteiger partial charge in [0.25, 0.3) is 0 Å². The van der Waals surface area contributed by atoms with Gasteiger partial charge in [-0.05, 0) is 87.6 Å². The van der Waals surface area contributed by atoms with Gasteiger partial charge in [0.1, 0.15) is 5.54 Å². The van der Waals surface area contributed by atoms with Crippen LogP contribution in [-0.4, -0.2) is 73.3 Å². The number of carbonyl (C=O) groups is 1. The smallest absolute Gasteiger partial charge is 0.375 e. The van der Waals surface area contributed by atoms with E-state index in [9.17, 15) is 18.0 Å². The maximum absolute atomic E-state index is 13.2. The second-order valence-corrected chi connectivity index (χ2v) is 12.2. The molecule has 1 amide bonds. The van der Waals surface area contributed by atoms with Gasteiger partial charge in [-0.2, -0.15) is 13.2 Å². The number of nitrogens with one attached hydrogen (secondary N) is 4. The molecule has 5 rings (SSSR count). The molecule has 3 aliphatic heterocycles. The van der Waals surface area contributed by atoms with Crippen LogP contribution in [0.1, 0.15) is 50.5 Å². The number of alkyl halides is 3. The quantitative estimate of drug-likeness (QED) is 0.343. The molecule has 4 fully saturated rings. The summed E-state index contributed by atoms with van der Waals surface area (Å²) in [5.74, 6) is 0.322. The molecule has 214 valence electrons. The number of nitrogens with zero attached hydrogens (tertiary/aromatic N) is 2. The van der Waals surface area contributed by atoms with Gasteiger partial charge < -0.3 is 31.2 Å². The molecule has 0 unspecified atom stereocenters. The van der Waals surface area contributed by atoms with E-state index >= 15 is 0 Å². The highest BCUT2D eigenvalue weighted by Crippen LogP contribution is 2.37. The minimum atomic E-state index is -4.50. The fraction of sp³-hybridized carbons (Fsp3) is 0.643. The highest BCUT2D eigenvalue weighted by molar-refractivity contribution is 6.33. The lowest BCUT2D eigenvalue weighted by Gasteiger charge is -2.49. The molecule has 4 N–H and O–H groups in total. The van der Waals surface area contributed by atoms with Crippen molar-refractivity contribution in [1.82, 2.24) is 20.4 Å². The Morgan fingerprint density at radius 2 is 1.82 bits per heavy atom. The van der Waals surface area contributed by atoms with Gasteiger partial charge in [-0.15, -0.1) is 0 Å². The minimum Gasteiger partial charge on any atom is -0.375 e. The first-order chi connectivity index (χ1) is 18.6. The summed E-state index contributed by atoms with van der Waals surface area (Å²) in [5.41, 5.74) is -0.290. The maximum Gasteiger partial charge on any atom is 0.416 e. The average molecular weight is 567 g/mol. The van der Waals surface area contributed by atoms with Crippen molar-refractivity contribution in [2.45, 2.75) is 56.7 Å². The van der Waals surface area contributed by atoms with Gasteiger partial charge >= 0.3 is 6.18 Å². The number of hydrogen-bond donors (Lipinski definition) is 4. The van der Waals surface area contributed by atoms with Crippen molar-refractivity contribution in [2.75, 3.05) is 51.1 Å². The van der Waals surface area contributed by atoms with Gasteiger partial charge in [-0.1, -0.05) is 11.6 Å². The average Bonchev–Trinajstić information content (AvgIpc) is 2.86. The van der Waals surface area contributed by atoms with Crippen LogP contribution >= 0.6 is 11.6 Å². The second kappa shape index (κ2) is 11.3. The largest absolute Gasteiger partial charge is 0.416 e. The number of amides is 1. The zero-order chi connectivity index (χ0) is 27.7. The fourth-order valence-electron chi connectivity index (χ4n) is 6.22. The normalized spacial score (nSPS) is 23.6. The third-order valence-electron chi connectivity index (χ3n) is 9.24. The van der Waals surface area contributed by atoms with Gasteiger partial charge in [-0.25, -0.2) is 0 Å². The van der Waals surface area contributed by atoms with Gasteiger partial charge in [0, 0.05) is 45.1 Å². The molecular weight excluding hydrogens is 529 g/mol. The van der Waals surface area contributed by atoms with Crippen LogP contribution < -0.4 is 16.0 Å². The lowest BCUT2D eigenvalue weighted by Crippen LogP contribution is -2.58. The molecule has 1 aromatic rings. The van der Waals surface area contributed by atoms with Crippen LogP contribution in [0.3, 0.4) is 0 Å². The van der Waals surface area contributed by atoms with E-state index in [0.29, 0.717) is 24.2 Å². The SMILES string of the molecule is N=C/C(=C\NC1(C(=O)Nc2ccc(C(F)(F)F)cc2Cl)CCC1)N1CCC(CN2CCC3(CC2)CNC3)CC1. The summed E-state index contributed by atoms with van der Waals surface area (Å²) < 4.78 is 38.9. The highest BCUT2D eigenvalue weighted by atomic mass is 35.5. The molecule has 3 heterocycles. The predicted octanol–water partition coefficient (Wildman–Crippen LogP) is 4.70. The van der Waals surface area contributed by atoms with E-state index in [-0.39, 0.29) is 16.6 Å². The molecule has 1 saturated carbocycles. The van der Waals surface area contributed by atoms with Gasteiger partial charge in [0.2, 0.25) is 5.91 Å². The number of likely N-dealkylation sites (tertiary alicyclic amines) is 2. The number of carbonyl (C=O) groups excluding carboxylic acids is 1. The minimum absolute atomic E-state index is 0.147. The van der Waals surface area contributed by atoms with Crippen LogP contribution in [0.2, 0.25) is 5.02 Å². The van der Waals surface area contributed by atoms with Crippen molar-refractivity contribution in [1.29, 1.82) is 5.41 Å². The predicted molar refractivity (Wildman–Crippen MR) is 147 cm³/mol. The molecule has 11 heteroatoms. The zero-order valence-corrected chi connectivity index (χ0v) is 22.9. The first kappa shape index (κ1) is 28.2. The Hall–Kier alpha value is -2.30. The third-order valence-corrected chi connectivity index (χ3v) is 9.56. The van der Waals surface area contributed by atoms with Crippen molar-refractivity contribution in [2.24, 2.45) is 11.3 Å². The molecule has 1 aliphatic carbocycles. The summed E-state index contributed by atoms with van der Waals surface area (Å²) in [6.45, 7) is 7.63. The van der Waals surface area contributed by atoms with E-state index in [1.165, 1.54) is 51.3 Å². The summed E-state index contributed by atoms with van der Waals surface area (Å²) >= 11 is 6.05. The molecule has 0 radical (unpaired) electrons. The number of rotatable bonds is 8. The van der Waals surface area contributed by atoms with Crippen molar-refractivity contribution >= 4 is 29.4 Å². The van der Waals surface area contributed by atoms with Crippen molar-refractivity contribution in [3.8, 4) is 0 Å². The van der Waals surface area contributed by atoms with E-state index in [0.717, 1.165) is 56.7 Å². The Morgan fingerprint density at radius 3 is 2.33 bits per heavy atom. The molecule has 1 spiro atoms. The van der Waals surface area contributed by atoms with Gasteiger partial charge in [-0.3, -0.25) is 4.79 Å². The Balaban J connectivity index is 1.13. The van der Waals surface area contributed by atoms with Crippen LogP contribution in [0, 0.1) is 16.7 Å². The summed E-state index contributed by atoms with van der Waals surface area (Å²) in [4.78, 5) is 18.0. The van der Waals surface area contributed by atoms with Crippen LogP contribution in [0.15, 0.2) is 30.1 Å². The highest BCUT2D eigenvalue weighted by Gasteiger charge is 2.44. The van der Waals surface area contributed by atoms with Crippen LogP contribution in [0.25, 0.3) is 0 Å². The van der Waals surface area contributed by atoms with Gasteiger partial charge in [0.05, 0.1) is 22.0 Å². The number of allylic oxidation sites excluding steroid dienone is 1. The van der Waals surface area contributed by atoms with Crippen molar-refractivity contribution in [3.05, 3.63) is 40.7 Å². The summed E-state index contributed by atoms with van der Waals surface area (Å²) in [6, 6.07) is 2.92. The monoisotopic (exact) mass is 566 g/mol. The van der Waals surface area contributed by atoms with Crippen LogP contribution in [0.4, 0.5) is 18.9 Å². The molecule has 0 atom stereocenters. The molecule has 3 saturated heterocycles. The van der Waals surface area contributed by atoms with Crippen molar-refractivity contribution in [3.63, 3.8) is 0 Å². The van der Waals surface area contributed by atoms with E-state index in [2.05, 4.69) is 25.8 Å². The topological polar surface area (TPSA) is 83.5 Å². The lowest BCUT2D eigenvalue weighted by molar-refractivity contribution is -0.137. The number of hydrogen-bond acceptors (Lipinski definition) is 6. The molecule has 0 aromatic heterocycles. The van der Waals surface area contributed by atoms with Crippen LogP contribution in [-0.2, 0) is 11.0 Å². The molecular formula is C28H38ClF3N6O. The molecule has 0 bridgehead atoms. The third kappa shape index (κ3) is 6.23. The maximum atomic E-state index is 13.2. The summed E-state index contributed by atoms with van der Waals surface area (Å²) in [5, 5.41) is 17.2. The van der Waals surface area contributed by atoms with E-state index in [1.807, 2.05) is 0 Å². The lowest BCUT2D eigenvalue weighted by atomic mass is 9.73. The van der Waals surface area contributed by atoms with Gasteiger partial charge in [0.15, 0.2) is 0 Å². The zero-order valence-electron chi connectivity index (χ0n) is 22.2. The van der Waals surface area contributed by atoms with E-state index in [4.69, 9.17) is 17.0 Å². The Labute approximate surface area is 233 Å². The standard InChI is InChI=1S/C28H38ClF3N6O/c29-23-14-21(28(30,31)32)2-3-24(23)36-25(39)27(6-1-7-27)35-16-22(15-33)38-10-4-20(5-11-38)17-37-12-8-26(9-13-37)18-34-19-26/h2-3,14-16,20,33-35H,1,4-13,17-19H2,(H,36,39)/b22-16+,33-15?. The van der Waals surface area contributed by atoms with E-state index < -0.39 is 17.3 Å². The van der Waals surface area contributed by atoms with E-state index in [1.54, 1.807) is 6.20 Å². The Morgan fingerprint density at radius 1 is 1.13 bits per heavy atom. The van der Waals surface area contributed by atoms with Crippen LogP contribution in [0.5, 0.6) is 0 Å². The molecule has 39 heavy (non-hydrogen) atoms. The Kier molecular flexibility index (Phi) is 8.18. The number of benzene rings is 1. The molecule has 4 aliphatic rings.